The van der Waals surface area contributed by atoms with Crippen LogP contribution in [0, 0.1) is 0 Å². The van der Waals surface area contributed by atoms with Crippen LogP contribution in [0.5, 0.6) is 0 Å². The van der Waals surface area contributed by atoms with Gasteiger partial charge in [-0.15, -0.1) is 22.0 Å². The Morgan fingerprint density at radius 1 is 1.39 bits per heavy atom. The summed E-state index contributed by atoms with van der Waals surface area (Å²) in [7, 11) is 0. The number of aromatic nitrogens is 4. The van der Waals surface area contributed by atoms with Crippen LogP contribution in [0.4, 0.5) is 0 Å². The molecule has 0 fully saturated rings. The normalized spacial score (nSPS) is 18.3. The molecule has 0 aromatic carbocycles. The molecule has 0 bridgehead atoms. The van der Waals surface area contributed by atoms with Gasteiger partial charge in [0.2, 0.25) is 5.71 Å². The Kier molecular flexibility index (Phi) is 1.88. The predicted octanol–water partition coefficient (Wildman–Crippen LogP) is 2.44. The molecule has 0 saturated carbocycles. The monoisotopic (exact) mass is 260 g/mol. The number of thioether (sulfide) groups is 1. The van der Waals surface area contributed by atoms with Gasteiger partial charge in [-0.2, -0.15) is 0 Å². The Morgan fingerprint density at radius 2 is 2.28 bits per heavy atom. The van der Waals surface area contributed by atoms with E-state index >= 15 is 0 Å². The van der Waals surface area contributed by atoms with Gasteiger partial charge in [0.1, 0.15) is 18.4 Å². The SMILES string of the molecule is CC1(C)Cc2c(oc3ncn4cnnc4c23)CS1. The van der Waals surface area contributed by atoms with E-state index in [4.69, 9.17) is 4.42 Å². The van der Waals surface area contributed by atoms with Crippen LogP contribution in [0.25, 0.3) is 16.7 Å². The van der Waals surface area contributed by atoms with E-state index in [1.165, 1.54) is 5.56 Å². The van der Waals surface area contributed by atoms with Crippen LogP contribution < -0.4 is 0 Å². The summed E-state index contributed by atoms with van der Waals surface area (Å²) in [6.45, 7) is 4.52. The fourth-order valence-corrected chi connectivity index (χ4v) is 3.48. The molecule has 0 atom stereocenters. The highest BCUT2D eigenvalue weighted by Gasteiger charge is 2.31. The molecule has 3 aromatic rings. The molecule has 0 unspecified atom stereocenters. The first-order valence-corrected chi connectivity index (χ1v) is 6.85. The van der Waals surface area contributed by atoms with Crippen LogP contribution >= 0.6 is 11.8 Å². The first kappa shape index (κ1) is 10.4. The summed E-state index contributed by atoms with van der Waals surface area (Å²) in [4.78, 5) is 4.34. The lowest BCUT2D eigenvalue weighted by molar-refractivity contribution is 0.543. The topological polar surface area (TPSA) is 56.2 Å². The van der Waals surface area contributed by atoms with Crippen LogP contribution in [0.2, 0.25) is 0 Å². The lowest BCUT2D eigenvalue weighted by Gasteiger charge is -2.27. The Morgan fingerprint density at radius 3 is 3.17 bits per heavy atom. The fraction of sp³-hybridized carbons (Fsp3) is 0.417. The van der Waals surface area contributed by atoms with Crippen LogP contribution in [0.1, 0.15) is 25.2 Å². The first-order valence-electron chi connectivity index (χ1n) is 5.87. The average molecular weight is 260 g/mol. The molecule has 4 heterocycles. The van der Waals surface area contributed by atoms with Gasteiger partial charge in [0.15, 0.2) is 5.65 Å². The number of rotatable bonds is 0. The van der Waals surface area contributed by atoms with Crippen molar-refractivity contribution < 1.29 is 4.42 Å². The molecule has 0 radical (unpaired) electrons. The molecule has 0 spiro atoms. The van der Waals surface area contributed by atoms with E-state index < -0.39 is 0 Å². The van der Waals surface area contributed by atoms with Gasteiger partial charge < -0.3 is 4.42 Å². The largest absolute Gasteiger partial charge is 0.441 e. The maximum atomic E-state index is 5.85. The highest BCUT2D eigenvalue weighted by molar-refractivity contribution is 7.99. The van der Waals surface area contributed by atoms with Crippen molar-refractivity contribution in [2.45, 2.75) is 30.8 Å². The van der Waals surface area contributed by atoms with Gasteiger partial charge in [0.05, 0.1) is 11.1 Å². The summed E-state index contributed by atoms with van der Waals surface area (Å²) >= 11 is 1.92. The summed E-state index contributed by atoms with van der Waals surface area (Å²) in [6.07, 6.45) is 4.35. The summed E-state index contributed by atoms with van der Waals surface area (Å²) in [5, 5.41) is 9.15. The standard InChI is InChI=1S/C12H12N4OS/c1-12(2)3-7-8(4-18-12)17-11-9(7)10-15-14-6-16(10)5-13-11/h5-6H,3-4H2,1-2H3. The second-order valence-electron chi connectivity index (χ2n) is 5.22. The smallest absolute Gasteiger partial charge is 0.231 e. The molecule has 5 nitrogen and oxygen atoms in total. The molecule has 0 amide bonds. The predicted molar refractivity (Wildman–Crippen MR) is 69.6 cm³/mol. The number of hydrogen-bond donors (Lipinski definition) is 0. The molecule has 1 aliphatic rings. The van der Waals surface area contributed by atoms with Crippen molar-refractivity contribution in [3.63, 3.8) is 0 Å². The van der Waals surface area contributed by atoms with Crippen molar-refractivity contribution in [1.29, 1.82) is 0 Å². The molecule has 0 N–H and O–H groups in total. The van der Waals surface area contributed by atoms with E-state index in [0.29, 0.717) is 5.71 Å². The van der Waals surface area contributed by atoms with Crippen LogP contribution in [-0.4, -0.2) is 24.3 Å². The molecule has 4 rings (SSSR count). The zero-order chi connectivity index (χ0) is 12.3. The zero-order valence-electron chi connectivity index (χ0n) is 10.2. The van der Waals surface area contributed by atoms with Gasteiger partial charge in [-0.25, -0.2) is 4.98 Å². The molecule has 0 saturated heterocycles. The fourth-order valence-electron chi connectivity index (χ4n) is 2.48. The number of nitrogens with zero attached hydrogens (tertiary/aromatic N) is 4. The highest BCUT2D eigenvalue weighted by Crippen LogP contribution is 2.42. The minimum absolute atomic E-state index is 0.233. The van der Waals surface area contributed by atoms with Crippen molar-refractivity contribution in [1.82, 2.24) is 19.6 Å². The Labute approximate surface area is 108 Å². The second-order valence-corrected chi connectivity index (χ2v) is 6.90. The lowest BCUT2D eigenvalue weighted by atomic mass is 9.99. The minimum atomic E-state index is 0.233. The maximum Gasteiger partial charge on any atom is 0.231 e. The first-order chi connectivity index (χ1) is 8.64. The van der Waals surface area contributed by atoms with Crippen molar-refractivity contribution in [2.24, 2.45) is 0 Å². The Balaban J connectivity index is 2.10. The zero-order valence-corrected chi connectivity index (χ0v) is 11.0. The third kappa shape index (κ3) is 1.32. The van der Waals surface area contributed by atoms with Crippen LogP contribution in [-0.2, 0) is 12.2 Å². The van der Waals surface area contributed by atoms with E-state index in [2.05, 4.69) is 29.0 Å². The second kappa shape index (κ2) is 3.26. The maximum absolute atomic E-state index is 5.85. The van der Waals surface area contributed by atoms with Crippen molar-refractivity contribution in [3.8, 4) is 0 Å². The average Bonchev–Trinajstić information content (AvgIpc) is 2.89. The van der Waals surface area contributed by atoms with Gasteiger partial charge in [0.25, 0.3) is 0 Å². The highest BCUT2D eigenvalue weighted by atomic mass is 32.2. The third-order valence-corrected chi connectivity index (χ3v) is 4.70. The van der Waals surface area contributed by atoms with E-state index in [9.17, 15) is 0 Å². The van der Waals surface area contributed by atoms with E-state index in [-0.39, 0.29) is 4.75 Å². The molecule has 18 heavy (non-hydrogen) atoms. The van der Waals surface area contributed by atoms with Gasteiger partial charge >= 0.3 is 0 Å². The van der Waals surface area contributed by atoms with Crippen molar-refractivity contribution >= 4 is 28.5 Å². The number of fused-ring (bicyclic) bond motifs is 5. The third-order valence-electron chi connectivity index (χ3n) is 3.36. The van der Waals surface area contributed by atoms with E-state index in [0.717, 1.165) is 29.0 Å². The summed E-state index contributed by atoms with van der Waals surface area (Å²) < 4.78 is 7.92. The van der Waals surface area contributed by atoms with E-state index in [1.807, 2.05) is 16.2 Å². The number of hydrogen-bond acceptors (Lipinski definition) is 5. The molecule has 1 aliphatic heterocycles. The van der Waals surface area contributed by atoms with Crippen molar-refractivity contribution in [3.05, 3.63) is 24.0 Å². The van der Waals surface area contributed by atoms with Gasteiger partial charge in [-0.3, -0.25) is 4.40 Å². The quantitative estimate of drug-likeness (QED) is 0.621. The van der Waals surface area contributed by atoms with Crippen LogP contribution in [0.3, 0.4) is 0 Å². The lowest BCUT2D eigenvalue weighted by Crippen LogP contribution is -2.22. The molecule has 6 heteroatoms. The molecule has 0 aliphatic carbocycles. The molecular formula is C12H12N4OS. The summed E-state index contributed by atoms with van der Waals surface area (Å²) in [5.41, 5.74) is 2.77. The summed E-state index contributed by atoms with van der Waals surface area (Å²) in [5.74, 6) is 1.94. The molecule has 3 aromatic heterocycles. The Hall–Kier alpha value is -1.56. The minimum Gasteiger partial charge on any atom is -0.441 e. The summed E-state index contributed by atoms with van der Waals surface area (Å²) in [6, 6.07) is 0. The van der Waals surface area contributed by atoms with Gasteiger partial charge in [-0.1, -0.05) is 13.8 Å². The van der Waals surface area contributed by atoms with Crippen molar-refractivity contribution in [2.75, 3.05) is 0 Å². The number of furan rings is 1. The Bertz CT molecular complexity index is 758. The van der Waals surface area contributed by atoms with E-state index in [1.54, 1.807) is 12.7 Å². The van der Waals surface area contributed by atoms with Gasteiger partial charge in [0, 0.05) is 10.3 Å². The molecule has 92 valence electrons. The van der Waals surface area contributed by atoms with Crippen LogP contribution in [0.15, 0.2) is 17.1 Å². The van der Waals surface area contributed by atoms with Gasteiger partial charge in [-0.05, 0) is 6.42 Å². The molecular weight excluding hydrogens is 248 g/mol.